The molecule has 0 saturated heterocycles. The highest BCUT2D eigenvalue weighted by atomic mass is 16.1. The molecule has 1 heterocycles. The zero-order valence-corrected chi connectivity index (χ0v) is 11.9. The summed E-state index contributed by atoms with van der Waals surface area (Å²) in [5.41, 5.74) is 7.64. The van der Waals surface area contributed by atoms with Crippen molar-refractivity contribution in [2.24, 2.45) is 18.7 Å². The molecule has 0 aromatic carbocycles. The Labute approximate surface area is 114 Å². The third-order valence-electron chi connectivity index (χ3n) is 3.98. The minimum absolute atomic E-state index is 0.0253. The van der Waals surface area contributed by atoms with E-state index in [9.17, 15) is 4.79 Å². The number of aryl methyl sites for hydroxylation is 2. The van der Waals surface area contributed by atoms with Gasteiger partial charge in [-0.3, -0.25) is 9.48 Å². The Hall–Kier alpha value is -1.36. The van der Waals surface area contributed by atoms with Crippen molar-refractivity contribution in [3.05, 3.63) is 17.5 Å². The van der Waals surface area contributed by atoms with Crippen LogP contribution in [-0.2, 0) is 13.5 Å². The van der Waals surface area contributed by atoms with Crippen LogP contribution in [0, 0.1) is 5.92 Å². The van der Waals surface area contributed by atoms with Crippen LogP contribution in [0.15, 0.2) is 6.20 Å². The van der Waals surface area contributed by atoms with E-state index in [4.69, 9.17) is 5.73 Å². The summed E-state index contributed by atoms with van der Waals surface area (Å²) in [4.78, 5) is 12.2. The second-order valence-corrected chi connectivity index (χ2v) is 5.44. The number of hydrogen-bond acceptors (Lipinski definition) is 3. The highest BCUT2D eigenvalue weighted by Gasteiger charge is 2.23. The molecule has 1 fully saturated rings. The van der Waals surface area contributed by atoms with Crippen molar-refractivity contribution in [2.45, 2.75) is 45.1 Å². The van der Waals surface area contributed by atoms with Crippen molar-refractivity contribution in [3.8, 4) is 0 Å². The van der Waals surface area contributed by atoms with Crippen molar-refractivity contribution in [1.29, 1.82) is 0 Å². The van der Waals surface area contributed by atoms with E-state index in [1.54, 1.807) is 10.9 Å². The summed E-state index contributed by atoms with van der Waals surface area (Å²) in [5.74, 6) is 0.391. The summed E-state index contributed by atoms with van der Waals surface area (Å²) < 4.78 is 1.69. The summed E-state index contributed by atoms with van der Waals surface area (Å²) in [6, 6.07) is 0.230. The van der Waals surface area contributed by atoms with Gasteiger partial charge in [0.2, 0.25) is 0 Å². The van der Waals surface area contributed by atoms with E-state index in [1.807, 2.05) is 14.0 Å². The molecule has 1 aliphatic carbocycles. The van der Waals surface area contributed by atoms with E-state index in [0.29, 0.717) is 18.0 Å². The molecule has 1 amide bonds. The first kappa shape index (κ1) is 14.1. The van der Waals surface area contributed by atoms with Gasteiger partial charge in [-0.05, 0) is 25.2 Å². The Morgan fingerprint density at radius 1 is 1.53 bits per heavy atom. The fraction of sp³-hybridized carbons (Fsp3) is 0.714. The van der Waals surface area contributed by atoms with Crippen molar-refractivity contribution in [1.82, 2.24) is 15.1 Å². The lowest BCUT2D eigenvalue weighted by Gasteiger charge is -2.28. The zero-order chi connectivity index (χ0) is 13.8. The summed E-state index contributed by atoms with van der Waals surface area (Å²) in [7, 11) is 1.84. The van der Waals surface area contributed by atoms with E-state index < -0.39 is 0 Å². The molecule has 2 atom stereocenters. The van der Waals surface area contributed by atoms with Gasteiger partial charge in [0.05, 0.1) is 11.3 Å². The maximum atomic E-state index is 12.2. The predicted molar refractivity (Wildman–Crippen MR) is 74.9 cm³/mol. The summed E-state index contributed by atoms with van der Waals surface area (Å²) in [6.45, 7) is 2.69. The lowest BCUT2D eigenvalue weighted by molar-refractivity contribution is 0.0940. The smallest absolute Gasteiger partial charge is 0.254 e. The molecule has 2 rings (SSSR count). The molecule has 106 valence electrons. The van der Waals surface area contributed by atoms with Crippen LogP contribution >= 0.6 is 0 Å². The highest BCUT2D eigenvalue weighted by Crippen LogP contribution is 2.22. The number of nitrogens with two attached hydrogens (primary N) is 1. The average Bonchev–Trinajstić information content (AvgIpc) is 2.79. The maximum Gasteiger partial charge on any atom is 0.254 e. The zero-order valence-electron chi connectivity index (χ0n) is 11.9. The number of carbonyl (C=O) groups excluding carboxylic acids is 1. The summed E-state index contributed by atoms with van der Waals surface area (Å²) in [5, 5.41) is 7.31. The number of amides is 1. The van der Waals surface area contributed by atoms with Gasteiger partial charge in [-0.2, -0.15) is 5.10 Å². The fourth-order valence-corrected chi connectivity index (χ4v) is 2.79. The van der Waals surface area contributed by atoms with Gasteiger partial charge >= 0.3 is 0 Å². The third kappa shape index (κ3) is 3.35. The van der Waals surface area contributed by atoms with Crippen LogP contribution in [-0.4, -0.2) is 28.3 Å². The van der Waals surface area contributed by atoms with Gasteiger partial charge in [0, 0.05) is 25.8 Å². The summed E-state index contributed by atoms with van der Waals surface area (Å²) >= 11 is 0. The van der Waals surface area contributed by atoms with Crippen LogP contribution in [0.1, 0.15) is 48.7 Å². The monoisotopic (exact) mass is 264 g/mol. The van der Waals surface area contributed by atoms with Crippen molar-refractivity contribution in [2.75, 3.05) is 6.54 Å². The molecule has 5 nitrogen and oxygen atoms in total. The van der Waals surface area contributed by atoms with Gasteiger partial charge in [-0.15, -0.1) is 0 Å². The van der Waals surface area contributed by atoms with Gasteiger partial charge in [-0.25, -0.2) is 0 Å². The fourth-order valence-electron chi connectivity index (χ4n) is 2.79. The molecule has 1 aromatic heterocycles. The number of carbonyl (C=O) groups is 1. The first-order valence-corrected chi connectivity index (χ1v) is 7.18. The average molecular weight is 264 g/mol. The molecule has 19 heavy (non-hydrogen) atoms. The Morgan fingerprint density at radius 3 is 2.95 bits per heavy atom. The first-order chi connectivity index (χ1) is 9.11. The lowest BCUT2D eigenvalue weighted by Crippen LogP contribution is -2.41. The first-order valence-electron chi connectivity index (χ1n) is 7.18. The van der Waals surface area contributed by atoms with Crippen molar-refractivity contribution >= 4 is 5.91 Å². The Morgan fingerprint density at radius 2 is 2.26 bits per heavy atom. The molecular weight excluding hydrogens is 240 g/mol. The molecule has 1 saturated carbocycles. The van der Waals surface area contributed by atoms with Crippen LogP contribution in [0.4, 0.5) is 0 Å². The van der Waals surface area contributed by atoms with Gasteiger partial charge in [0.1, 0.15) is 0 Å². The molecular formula is C14H24N4O. The SMILES string of the molecule is CCc1nn(C)cc1C(=O)NCC1CCCCC1N. The van der Waals surface area contributed by atoms with E-state index in [1.165, 1.54) is 12.8 Å². The van der Waals surface area contributed by atoms with Crippen LogP contribution in [0.3, 0.4) is 0 Å². The van der Waals surface area contributed by atoms with E-state index in [2.05, 4.69) is 10.4 Å². The summed E-state index contributed by atoms with van der Waals surface area (Å²) in [6.07, 6.45) is 7.19. The lowest BCUT2D eigenvalue weighted by atomic mass is 9.85. The molecule has 5 heteroatoms. The largest absolute Gasteiger partial charge is 0.352 e. The predicted octanol–water partition coefficient (Wildman–Crippen LogP) is 1.23. The van der Waals surface area contributed by atoms with Crippen molar-refractivity contribution in [3.63, 3.8) is 0 Å². The van der Waals surface area contributed by atoms with Crippen LogP contribution in [0.2, 0.25) is 0 Å². The molecule has 0 radical (unpaired) electrons. The molecule has 1 aliphatic rings. The topological polar surface area (TPSA) is 72.9 Å². The van der Waals surface area contributed by atoms with Crippen LogP contribution in [0.25, 0.3) is 0 Å². The molecule has 0 aliphatic heterocycles. The van der Waals surface area contributed by atoms with Crippen LogP contribution < -0.4 is 11.1 Å². The Bertz CT molecular complexity index is 441. The quantitative estimate of drug-likeness (QED) is 0.859. The number of hydrogen-bond donors (Lipinski definition) is 2. The van der Waals surface area contributed by atoms with E-state index in [0.717, 1.165) is 25.0 Å². The molecule has 2 unspecified atom stereocenters. The molecule has 3 N–H and O–H groups in total. The number of nitrogens with one attached hydrogen (secondary N) is 1. The van der Waals surface area contributed by atoms with Crippen molar-refractivity contribution < 1.29 is 4.79 Å². The van der Waals surface area contributed by atoms with Gasteiger partial charge < -0.3 is 11.1 Å². The molecule has 0 spiro atoms. The van der Waals surface area contributed by atoms with E-state index in [-0.39, 0.29) is 11.9 Å². The number of aromatic nitrogens is 2. The minimum atomic E-state index is -0.0253. The highest BCUT2D eigenvalue weighted by molar-refractivity contribution is 5.95. The van der Waals surface area contributed by atoms with Gasteiger partial charge in [0.25, 0.3) is 5.91 Å². The second kappa shape index (κ2) is 6.19. The van der Waals surface area contributed by atoms with Gasteiger partial charge in [0.15, 0.2) is 0 Å². The van der Waals surface area contributed by atoms with Gasteiger partial charge in [-0.1, -0.05) is 19.8 Å². The standard InChI is InChI=1S/C14H24N4O/c1-3-13-11(9-18(2)17-13)14(19)16-8-10-6-4-5-7-12(10)15/h9-10,12H,3-8,15H2,1-2H3,(H,16,19). The number of nitrogens with zero attached hydrogens (tertiary/aromatic N) is 2. The second-order valence-electron chi connectivity index (χ2n) is 5.44. The van der Waals surface area contributed by atoms with Crippen LogP contribution in [0.5, 0.6) is 0 Å². The minimum Gasteiger partial charge on any atom is -0.352 e. The Kier molecular flexibility index (Phi) is 4.58. The Balaban J connectivity index is 1.93. The third-order valence-corrected chi connectivity index (χ3v) is 3.98. The normalized spacial score (nSPS) is 23.3. The van der Waals surface area contributed by atoms with E-state index >= 15 is 0 Å². The molecule has 0 bridgehead atoms. The molecule has 1 aromatic rings. The number of rotatable bonds is 4. The maximum absolute atomic E-state index is 12.2.